The number of hydrogen-bond donors (Lipinski definition) is 2. The molecule has 2 amide bonds. The molecule has 3 aromatic rings. The summed E-state index contributed by atoms with van der Waals surface area (Å²) in [4.78, 5) is 17.4. The predicted octanol–water partition coefficient (Wildman–Crippen LogP) is 4.75. The zero-order chi connectivity index (χ0) is 18.4. The van der Waals surface area contributed by atoms with Crippen LogP contribution < -0.4 is 10.6 Å². The third kappa shape index (κ3) is 5.03. The third-order valence-electron chi connectivity index (χ3n) is 3.42. The summed E-state index contributed by atoms with van der Waals surface area (Å²) in [6.07, 6.45) is 3.71. The van der Waals surface area contributed by atoms with Crippen molar-refractivity contribution >= 4 is 35.2 Å². The Morgan fingerprint density at radius 3 is 2.92 bits per heavy atom. The average molecular weight is 368 g/mol. The molecule has 7 heteroatoms. The highest BCUT2D eigenvalue weighted by Gasteiger charge is 2.09. The standard InChI is InChI=1S/C19H20N4O2S/c1-13(2)12-20-19(24)21-15-6-3-5-14(11-15)18-22-17(25-23-18)9-8-16-7-4-10-26-16/h3-11,13H,12H2,1-2H3,(H2,20,21,24). The van der Waals surface area contributed by atoms with Gasteiger partial charge in [0.2, 0.25) is 5.82 Å². The number of nitrogens with zero attached hydrogens (tertiary/aromatic N) is 2. The normalized spacial score (nSPS) is 11.2. The minimum Gasteiger partial charge on any atom is -0.338 e. The molecule has 2 aromatic heterocycles. The molecule has 0 aliphatic carbocycles. The molecule has 6 nitrogen and oxygen atoms in total. The Bertz CT molecular complexity index is 885. The lowest BCUT2D eigenvalue weighted by molar-refractivity contribution is 0.251. The van der Waals surface area contributed by atoms with Crippen LogP contribution in [0.4, 0.5) is 10.5 Å². The molecule has 0 spiro atoms. The number of nitrogens with one attached hydrogen (secondary N) is 2. The van der Waals surface area contributed by atoms with Crippen LogP contribution in [-0.4, -0.2) is 22.7 Å². The maximum absolute atomic E-state index is 11.9. The molecule has 0 fully saturated rings. The van der Waals surface area contributed by atoms with Gasteiger partial charge in [0.1, 0.15) is 0 Å². The summed E-state index contributed by atoms with van der Waals surface area (Å²) in [6.45, 7) is 4.71. The lowest BCUT2D eigenvalue weighted by Crippen LogP contribution is -2.31. The number of urea groups is 1. The zero-order valence-electron chi connectivity index (χ0n) is 14.6. The number of benzene rings is 1. The summed E-state index contributed by atoms with van der Waals surface area (Å²) in [6, 6.07) is 11.1. The Balaban J connectivity index is 1.67. The van der Waals surface area contributed by atoms with Crippen molar-refractivity contribution in [1.82, 2.24) is 15.5 Å². The smallest absolute Gasteiger partial charge is 0.319 e. The molecule has 0 atom stereocenters. The summed E-state index contributed by atoms with van der Waals surface area (Å²) in [5, 5.41) is 11.6. The topological polar surface area (TPSA) is 80.0 Å². The quantitative estimate of drug-likeness (QED) is 0.658. The van der Waals surface area contributed by atoms with Gasteiger partial charge in [0, 0.05) is 28.7 Å². The van der Waals surface area contributed by atoms with E-state index in [1.807, 2.05) is 61.7 Å². The predicted molar refractivity (Wildman–Crippen MR) is 105 cm³/mol. The highest BCUT2D eigenvalue weighted by atomic mass is 32.1. The van der Waals surface area contributed by atoms with Crippen molar-refractivity contribution in [2.75, 3.05) is 11.9 Å². The third-order valence-corrected chi connectivity index (χ3v) is 4.26. The first kappa shape index (κ1) is 17.9. The van der Waals surface area contributed by atoms with Gasteiger partial charge in [-0.15, -0.1) is 11.3 Å². The highest BCUT2D eigenvalue weighted by molar-refractivity contribution is 7.10. The minimum atomic E-state index is -0.233. The van der Waals surface area contributed by atoms with E-state index >= 15 is 0 Å². The van der Waals surface area contributed by atoms with Crippen molar-refractivity contribution in [3.8, 4) is 11.4 Å². The van der Waals surface area contributed by atoms with E-state index in [1.165, 1.54) is 0 Å². The number of hydrogen-bond acceptors (Lipinski definition) is 5. The number of carbonyl (C=O) groups is 1. The minimum absolute atomic E-state index is 0.233. The van der Waals surface area contributed by atoms with Crippen LogP contribution in [0.2, 0.25) is 0 Å². The number of amides is 2. The van der Waals surface area contributed by atoms with E-state index in [-0.39, 0.29) is 6.03 Å². The fourth-order valence-corrected chi connectivity index (χ4v) is 2.79. The first-order valence-electron chi connectivity index (χ1n) is 8.31. The maximum Gasteiger partial charge on any atom is 0.319 e. The van der Waals surface area contributed by atoms with Gasteiger partial charge < -0.3 is 15.2 Å². The molecule has 0 saturated carbocycles. The zero-order valence-corrected chi connectivity index (χ0v) is 15.4. The second-order valence-electron chi connectivity index (χ2n) is 6.11. The van der Waals surface area contributed by atoms with E-state index in [2.05, 4.69) is 20.8 Å². The highest BCUT2D eigenvalue weighted by Crippen LogP contribution is 2.21. The van der Waals surface area contributed by atoms with Crippen LogP contribution in [0.25, 0.3) is 23.5 Å². The Labute approximate surface area is 155 Å². The Morgan fingerprint density at radius 1 is 1.27 bits per heavy atom. The number of aromatic nitrogens is 2. The molecule has 26 heavy (non-hydrogen) atoms. The van der Waals surface area contributed by atoms with E-state index in [0.29, 0.717) is 29.9 Å². The molecule has 1 aromatic carbocycles. The molecule has 2 N–H and O–H groups in total. The Hall–Kier alpha value is -2.93. The molecule has 0 unspecified atom stereocenters. The first-order valence-corrected chi connectivity index (χ1v) is 9.19. The summed E-state index contributed by atoms with van der Waals surface area (Å²) in [5.74, 6) is 1.30. The maximum atomic E-state index is 11.9. The van der Waals surface area contributed by atoms with Crippen molar-refractivity contribution in [1.29, 1.82) is 0 Å². The van der Waals surface area contributed by atoms with Crippen LogP contribution in [0, 0.1) is 5.92 Å². The lowest BCUT2D eigenvalue weighted by atomic mass is 10.2. The van der Waals surface area contributed by atoms with Gasteiger partial charge in [-0.05, 0) is 35.6 Å². The molecule has 0 saturated heterocycles. The number of thiophene rings is 1. The van der Waals surface area contributed by atoms with Crippen molar-refractivity contribution in [2.24, 2.45) is 5.92 Å². The molecule has 2 heterocycles. The van der Waals surface area contributed by atoms with Gasteiger partial charge in [0.05, 0.1) is 0 Å². The van der Waals surface area contributed by atoms with E-state index in [4.69, 9.17) is 4.52 Å². The van der Waals surface area contributed by atoms with Crippen molar-refractivity contribution in [3.05, 3.63) is 52.5 Å². The summed E-state index contributed by atoms with van der Waals surface area (Å²) in [5.41, 5.74) is 1.44. The van der Waals surface area contributed by atoms with E-state index in [0.717, 1.165) is 10.4 Å². The van der Waals surface area contributed by atoms with Crippen LogP contribution >= 0.6 is 11.3 Å². The second-order valence-corrected chi connectivity index (χ2v) is 7.09. The Kier molecular flexibility index (Phi) is 5.80. The molecular weight excluding hydrogens is 348 g/mol. The second kappa shape index (κ2) is 8.44. The lowest BCUT2D eigenvalue weighted by Gasteiger charge is -2.09. The molecule has 0 aliphatic heterocycles. The summed E-state index contributed by atoms with van der Waals surface area (Å²) >= 11 is 1.64. The molecular formula is C19H20N4O2S. The van der Waals surface area contributed by atoms with Crippen molar-refractivity contribution in [3.63, 3.8) is 0 Å². The fraction of sp³-hybridized carbons (Fsp3) is 0.211. The van der Waals surface area contributed by atoms with E-state index in [1.54, 1.807) is 17.4 Å². The SMILES string of the molecule is CC(C)CNC(=O)Nc1cccc(-c2noc(C=Cc3cccs3)n2)c1. The first-order chi connectivity index (χ1) is 12.6. The monoisotopic (exact) mass is 368 g/mol. The van der Waals surface area contributed by atoms with Gasteiger partial charge >= 0.3 is 6.03 Å². The molecule has 3 rings (SSSR count). The molecule has 0 radical (unpaired) electrons. The van der Waals surface area contributed by atoms with Gasteiger partial charge in [0.15, 0.2) is 0 Å². The van der Waals surface area contributed by atoms with Gasteiger partial charge in [-0.3, -0.25) is 0 Å². The van der Waals surface area contributed by atoms with Gasteiger partial charge in [-0.2, -0.15) is 4.98 Å². The number of rotatable bonds is 6. The van der Waals surface area contributed by atoms with E-state index in [9.17, 15) is 4.79 Å². The van der Waals surface area contributed by atoms with Crippen LogP contribution in [0.15, 0.2) is 46.3 Å². The molecule has 0 bridgehead atoms. The van der Waals surface area contributed by atoms with Gasteiger partial charge in [-0.25, -0.2) is 4.79 Å². The van der Waals surface area contributed by atoms with Crippen LogP contribution in [0.3, 0.4) is 0 Å². The largest absolute Gasteiger partial charge is 0.338 e. The van der Waals surface area contributed by atoms with Crippen molar-refractivity contribution in [2.45, 2.75) is 13.8 Å². The summed E-state index contributed by atoms with van der Waals surface area (Å²) in [7, 11) is 0. The fourth-order valence-electron chi connectivity index (χ4n) is 2.17. The van der Waals surface area contributed by atoms with Gasteiger partial charge in [-0.1, -0.05) is 37.2 Å². The summed E-state index contributed by atoms with van der Waals surface area (Å²) < 4.78 is 5.26. The van der Waals surface area contributed by atoms with Crippen LogP contribution in [0.5, 0.6) is 0 Å². The van der Waals surface area contributed by atoms with Gasteiger partial charge in [0.25, 0.3) is 5.89 Å². The number of carbonyl (C=O) groups excluding carboxylic acids is 1. The van der Waals surface area contributed by atoms with E-state index < -0.39 is 0 Å². The number of anilines is 1. The Morgan fingerprint density at radius 2 is 2.15 bits per heavy atom. The molecule has 134 valence electrons. The van der Waals surface area contributed by atoms with Crippen LogP contribution in [-0.2, 0) is 0 Å². The average Bonchev–Trinajstić information content (AvgIpc) is 3.30. The van der Waals surface area contributed by atoms with Crippen LogP contribution in [0.1, 0.15) is 24.6 Å². The molecule has 0 aliphatic rings. The van der Waals surface area contributed by atoms with Crippen molar-refractivity contribution < 1.29 is 9.32 Å².